The van der Waals surface area contributed by atoms with Gasteiger partial charge >= 0.3 is 0 Å². The molecule has 1 N–H and O–H groups in total. The van der Waals surface area contributed by atoms with Crippen molar-refractivity contribution in [2.24, 2.45) is 0 Å². The van der Waals surface area contributed by atoms with E-state index in [0.29, 0.717) is 29.1 Å². The number of carbonyl (C=O) groups excluding carboxylic acids is 1. The van der Waals surface area contributed by atoms with Crippen LogP contribution in [0.3, 0.4) is 0 Å². The summed E-state index contributed by atoms with van der Waals surface area (Å²) in [6.07, 6.45) is -0.0452. The first-order valence-electron chi connectivity index (χ1n) is 11.2. The second-order valence-electron chi connectivity index (χ2n) is 8.09. The van der Waals surface area contributed by atoms with E-state index < -0.39 is 5.82 Å². The van der Waals surface area contributed by atoms with Crippen LogP contribution in [0.2, 0.25) is 10.0 Å². The molecule has 0 aliphatic carbocycles. The normalized spacial score (nSPS) is 10.9. The summed E-state index contributed by atoms with van der Waals surface area (Å²) in [6, 6.07) is 9.26. The summed E-state index contributed by atoms with van der Waals surface area (Å²) in [5, 5.41) is 17.6. The summed E-state index contributed by atoms with van der Waals surface area (Å²) in [7, 11) is 0. The van der Waals surface area contributed by atoms with E-state index >= 15 is 4.39 Å². The maximum atomic E-state index is 15.4. The van der Waals surface area contributed by atoms with Crippen molar-refractivity contribution in [1.82, 2.24) is 15.2 Å². The highest BCUT2D eigenvalue weighted by atomic mass is 35.5. The first-order valence-corrected chi connectivity index (χ1v) is 12.0. The van der Waals surface area contributed by atoms with Crippen molar-refractivity contribution in [2.75, 3.05) is 6.61 Å². The molecule has 190 valence electrons. The van der Waals surface area contributed by atoms with Crippen LogP contribution in [0.5, 0.6) is 11.5 Å². The summed E-state index contributed by atoms with van der Waals surface area (Å²) in [5.41, 5.74) is 2.73. The van der Waals surface area contributed by atoms with Gasteiger partial charge in [-0.2, -0.15) is 5.26 Å². The molecule has 0 fully saturated rings. The number of Topliss-reactive ketones (excluding diaryl/α,β-unsaturated/α-hetero) is 1. The molecule has 8 nitrogen and oxygen atoms in total. The molecule has 11 heteroatoms. The number of hydrogen-bond acceptors (Lipinski definition) is 7. The Kier molecular flexibility index (Phi) is 7.93. The number of aromatic amines is 1. The van der Waals surface area contributed by atoms with Crippen LogP contribution >= 0.6 is 23.2 Å². The fourth-order valence-electron chi connectivity index (χ4n) is 3.86. The van der Waals surface area contributed by atoms with Gasteiger partial charge in [0.15, 0.2) is 17.3 Å². The molecule has 0 spiro atoms. The van der Waals surface area contributed by atoms with E-state index in [2.05, 4.69) is 15.2 Å². The van der Waals surface area contributed by atoms with E-state index in [1.165, 1.54) is 37.3 Å². The number of H-pyrrole nitrogens is 1. The third-order valence-corrected chi connectivity index (χ3v) is 6.02. The van der Waals surface area contributed by atoms with Gasteiger partial charge in [0.2, 0.25) is 5.89 Å². The molecule has 0 unspecified atom stereocenters. The first kappa shape index (κ1) is 26.4. The zero-order valence-electron chi connectivity index (χ0n) is 20.1. The van der Waals surface area contributed by atoms with Gasteiger partial charge in [-0.1, -0.05) is 29.3 Å². The Balaban J connectivity index is 1.62. The topological polar surface area (TPSA) is 114 Å². The molecule has 0 bridgehead atoms. The van der Waals surface area contributed by atoms with E-state index in [0.717, 1.165) is 0 Å². The highest BCUT2D eigenvalue weighted by Crippen LogP contribution is 2.36. The van der Waals surface area contributed by atoms with E-state index in [-0.39, 0.29) is 63.3 Å². The lowest BCUT2D eigenvalue weighted by Crippen LogP contribution is -2.01. The van der Waals surface area contributed by atoms with Gasteiger partial charge in [0.1, 0.15) is 11.4 Å². The highest BCUT2D eigenvalue weighted by Gasteiger charge is 2.23. The third-order valence-electron chi connectivity index (χ3n) is 5.50. The number of halogens is 3. The quantitative estimate of drug-likeness (QED) is 0.231. The Morgan fingerprint density at radius 1 is 1.24 bits per heavy atom. The van der Waals surface area contributed by atoms with Crippen LogP contribution in [-0.4, -0.2) is 27.6 Å². The van der Waals surface area contributed by atoms with Gasteiger partial charge in [-0.05, 0) is 50.6 Å². The minimum absolute atomic E-state index is 0.0338. The number of ketones is 1. The molecule has 0 amide bonds. The zero-order valence-corrected chi connectivity index (χ0v) is 21.6. The van der Waals surface area contributed by atoms with Crippen molar-refractivity contribution in [3.8, 4) is 29.2 Å². The van der Waals surface area contributed by atoms with Crippen LogP contribution in [-0.2, 0) is 17.8 Å². The second-order valence-corrected chi connectivity index (χ2v) is 8.93. The standard InChI is InChI=1S/C26H21Cl2FN4O4/c1-4-35-12-20-22(14(3)34)13(2)24(31-20)26-33-32-21(37-26)9-16-5-6-19(28)25(23(16)29)36-18-8-15(11-30)7-17(27)10-18/h5-8,10,31H,4,9,12H2,1-3H3. The van der Waals surface area contributed by atoms with Gasteiger partial charge < -0.3 is 18.9 Å². The molecule has 2 heterocycles. The maximum absolute atomic E-state index is 15.4. The maximum Gasteiger partial charge on any atom is 0.264 e. The average Bonchev–Trinajstić information content (AvgIpc) is 3.45. The second kappa shape index (κ2) is 11.1. The predicted octanol–water partition coefficient (Wildman–Crippen LogP) is 6.81. The summed E-state index contributed by atoms with van der Waals surface area (Å²) < 4.78 is 32.3. The van der Waals surface area contributed by atoms with Crippen molar-refractivity contribution in [1.29, 1.82) is 5.26 Å². The van der Waals surface area contributed by atoms with Gasteiger partial charge in [-0.15, -0.1) is 10.2 Å². The number of hydrogen-bond donors (Lipinski definition) is 1. The Morgan fingerprint density at radius 2 is 2.03 bits per heavy atom. The number of ether oxygens (including phenoxy) is 2. The van der Waals surface area contributed by atoms with Gasteiger partial charge in [-0.3, -0.25) is 4.79 Å². The number of aromatic nitrogens is 3. The lowest BCUT2D eigenvalue weighted by Gasteiger charge is -2.11. The molecule has 0 atom stereocenters. The minimum Gasteiger partial charge on any atom is -0.453 e. The number of carbonyl (C=O) groups is 1. The molecule has 0 aliphatic heterocycles. The Bertz CT molecular complexity index is 1520. The lowest BCUT2D eigenvalue weighted by molar-refractivity contribution is 0.100. The molecule has 0 aliphatic rings. The number of nitrogens with zero attached hydrogens (tertiary/aromatic N) is 3. The lowest BCUT2D eigenvalue weighted by atomic mass is 10.1. The van der Waals surface area contributed by atoms with Gasteiger partial charge in [0, 0.05) is 22.8 Å². The number of benzene rings is 2. The van der Waals surface area contributed by atoms with Crippen molar-refractivity contribution in [2.45, 2.75) is 33.8 Å². The van der Waals surface area contributed by atoms with E-state index in [9.17, 15) is 4.79 Å². The van der Waals surface area contributed by atoms with Crippen molar-refractivity contribution < 1.29 is 23.1 Å². The van der Waals surface area contributed by atoms with E-state index in [4.69, 9.17) is 42.4 Å². The Labute approximate surface area is 221 Å². The van der Waals surface area contributed by atoms with Gasteiger partial charge in [0.05, 0.1) is 35.4 Å². The largest absolute Gasteiger partial charge is 0.453 e. The Hall–Kier alpha value is -3.71. The van der Waals surface area contributed by atoms with Gasteiger partial charge in [0.25, 0.3) is 5.89 Å². The molecular weight excluding hydrogens is 522 g/mol. The van der Waals surface area contributed by atoms with Crippen LogP contribution in [0, 0.1) is 24.1 Å². The SMILES string of the molecule is CCOCc1[nH]c(-c2nnc(Cc3ccc(Cl)c(Oc4cc(Cl)cc(C#N)c4)c3F)o2)c(C)c1C(C)=O. The number of nitriles is 1. The number of rotatable bonds is 9. The highest BCUT2D eigenvalue weighted by molar-refractivity contribution is 6.32. The third kappa shape index (κ3) is 5.67. The molecular formula is C26H21Cl2FN4O4. The predicted molar refractivity (Wildman–Crippen MR) is 135 cm³/mol. The molecule has 2 aromatic heterocycles. The molecule has 0 saturated carbocycles. The van der Waals surface area contributed by atoms with Crippen LogP contribution in [0.25, 0.3) is 11.6 Å². The smallest absolute Gasteiger partial charge is 0.264 e. The molecule has 0 saturated heterocycles. The fourth-order valence-corrected chi connectivity index (χ4v) is 4.27. The van der Waals surface area contributed by atoms with Crippen LogP contribution in [0.1, 0.15) is 52.5 Å². The van der Waals surface area contributed by atoms with Crippen molar-refractivity contribution >= 4 is 29.0 Å². The summed E-state index contributed by atoms with van der Waals surface area (Å²) in [6.45, 7) is 5.83. The number of nitrogens with one attached hydrogen (secondary N) is 1. The Morgan fingerprint density at radius 3 is 2.73 bits per heavy atom. The van der Waals surface area contributed by atoms with Gasteiger partial charge in [-0.25, -0.2) is 4.39 Å². The van der Waals surface area contributed by atoms with Crippen LogP contribution in [0.15, 0.2) is 34.7 Å². The summed E-state index contributed by atoms with van der Waals surface area (Å²) >= 11 is 12.2. The van der Waals surface area contributed by atoms with Crippen LogP contribution < -0.4 is 4.74 Å². The van der Waals surface area contributed by atoms with Crippen LogP contribution in [0.4, 0.5) is 4.39 Å². The van der Waals surface area contributed by atoms with E-state index in [1.54, 1.807) is 6.92 Å². The zero-order chi connectivity index (χ0) is 26.7. The molecule has 37 heavy (non-hydrogen) atoms. The molecule has 2 aromatic carbocycles. The molecule has 0 radical (unpaired) electrons. The average molecular weight is 543 g/mol. The van der Waals surface area contributed by atoms with E-state index in [1.807, 2.05) is 13.0 Å². The summed E-state index contributed by atoms with van der Waals surface area (Å²) in [4.78, 5) is 15.3. The first-order chi connectivity index (χ1) is 17.7. The molecule has 4 rings (SSSR count). The summed E-state index contributed by atoms with van der Waals surface area (Å²) in [5.74, 6) is -0.607. The fraction of sp³-hybridized carbons (Fsp3) is 0.231. The minimum atomic E-state index is -0.723. The molecule has 4 aromatic rings. The van der Waals surface area contributed by atoms with Crippen molar-refractivity contribution in [3.05, 3.63) is 80.0 Å². The monoisotopic (exact) mass is 542 g/mol. The van der Waals surface area contributed by atoms with Crippen molar-refractivity contribution in [3.63, 3.8) is 0 Å².